The number of benzene rings is 1. The van der Waals surface area contributed by atoms with Gasteiger partial charge in [0.05, 0.1) is 11.3 Å². The molecule has 1 aromatic heterocycles. The molecule has 1 aromatic carbocycles. The molecule has 1 aliphatic heterocycles. The normalized spacial score (nSPS) is 13.0. The summed E-state index contributed by atoms with van der Waals surface area (Å²) in [7, 11) is 0. The number of fused-ring (bicyclic) bond motifs is 1. The van der Waals surface area contributed by atoms with Gasteiger partial charge in [0, 0.05) is 16.7 Å². The van der Waals surface area contributed by atoms with Gasteiger partial charge in [-0.15, -0.1) is 0 Å². The molecule has 19 heavy (non-hydrogen) atoms. The molecule has 0 aliphatic carbocycles. The highest BCUT2D eigenvalue weighted by atomic mass is 79.9. The zero-order chi connectivity index (χ0) is 13.2. The fraction of sp³-hybridized carbons (Fsp3) is 0.143. The summed E-state index contributed by atoms with van der Waals surface area (Å²) in [6.07, 6.45) is 1.73. The summed E-state index contributed by atoms with van der Waals surface area (Å²) < 4.78 is 11.8. The van der Waals surface area contributed by atoms with Crippen molar-refractivity contribution in [1.29, 1.82) is 0 Å². The van der Waals surface area contributed by atoms with Crippen LogP contribution in [0.25, 0.3) is 0 Å². The third-order valence-corrected chi connectivity index (χ3v) is 3.26. The van der Waals surface area contributed by atoms with Crippen molar-refractivity contribution in [3.63, 3.8) is 0 Å². The van der Waals surface area contributed by atoms with Crippen molar-refractivity contribution in [2.24, 2.45) is 0 Å². The fourth-order valence-electron chi connectivity index (χ4n) is 1.81. The van der Waals surface area contributed by atoms with E-state index < -0.39 is 0 Å². The van der Waals surface area contributed by atoms with Crippen molar-refractivity contribution in [2.45, 2.75) is 6.61 Å². The number of hydrogen-bond acceptors (Lipinski definition) is 4. The Bertz CT molecular complexity index is 625. The Morgan fingerprint density at radius 3 is 3.00 bits per heavy atom. The molecule has 3 rings (SSSR count). The van der Waals surface area contributed by atoms with Gasteiger partial charge in [-0.25, -0.2) is 0 Å². The van der Waals surface area contributed by atoms with E-state index in [2.05, 4.69) is 20.9 Å². The molecule has 0 unspecified atom stereocenters. The molecule has 0 saturated carbocycles. The van der Waals surface area contributed by atoms with Crippen LogP contribution in [-0.4, -0.2) is 17.4 Å². The Morgan fingerprint density at radius 1 is 1.32 bits per heavy atom. The number of halogens is 1. The Kier molecular flexibility index (Phi) is 3.21. The number of aromatic nitrogens is 1. The minimum Gasteiger partial charge on any atom is -0.487 e. The highest BCUT2D eigenvalue weighted by Crippen LogP contribution is 2.29. The van der Waals surface area contributed by atoms with Crippen LogP contribution in [-0.2, 0) is 6.61 Å². The summed E-state index contributed by atoms with van der Waals surface area (Å²) in [6.45, 7) is 0.493. The zero-order valence-corrected chi connectivity index (χ0v) is 11.5. The van der Waals surface area contributed by atoms with E-state index in [1.807, 2.05) is 12.1 Å². The van der Waals surface area contributed by atoms with Crippen LogP contribution in [0, 0.1) is 0 Å². The van der Waals surface area contributed by atoms with Crippen molar-refractivity contribution in [3.05, 3.63) is 52.3 Å². The number of nitrogens with zero attached hydrogens (tertiary/aromatic N) is 1. The van der Waals surface area contributed by atoms with E-state index in [0.29, 0.717) is 23.7 Å². The van der Waals surface area contributed by atoms with Crippen molar-refractivity contribution >= 4 is 21.7 Å². The van der Waals surface area contributed by atoms with Gasteiger partial charge in [0.2, 0.25) is 5.78 Å². The smallest absolute Gasteiger partial charge is 0.203 e. The number of hydrogen-bond donors (Lipinski definition) is 0. The summed E-state index contributed by atoms with van der Waals surface area (Å²) in [5, 5.41) is 0. The summed E-state index contributed by atoms with van der Waals surface area (Å²) in [6, 6.07) is 9.03. The predicted molar refractivity (Wildman–Crippen MR) is 72.5 cm³/mol. The standard InChI is InChI=1S/C14H10BrNO3/c15-9-1-2-10(16-6-9)7-18-11-3-4-12-13(17)8-19-14(12)5-11/h1-6H,7-8H2. The largest absolute Gasteiger partial charge is 0.487 e. The van der Waals surface area contributed by atoms with Crippen LogP contribution >= 0.6 is 15.9 Å². The maximum Gasteiger partial charge on any atom is 0.203 e. The van der Waals surface area contributed by atoms with E-state index >= 15 is 0 Å². The summed E-state index contributed by atoms with van der Waals surface area (Å²) in [5.74, 6) is 1.26. The maximum atomic E-state index is 11.4. The van der Waals surface area contributed by atoms with E-state index in [1.165, 1.54) is 0 Å². The van der Waals surface area contributed by atoms with Gasteiger partial charge < -0.3 is 9.47 Å². The third-order valence-electron chi connectivity index (χ3n) is 2.79. The van der Waals surface area contributed by atoms with Gasteiger partial charge in [0.25, 0.3) is 0 Å². The molecule has 0 radical (unpaired) electrons. The zero-order valence-electron chi connectivity index (χ0n) is 9.93. The molecular formula is C14H10BrNO3. The molecule has 0 bridgehead atoms. The maximum absolute atomic E-state index is 11.4. The van der Waals surface area contributed by atoms with Gasteiger partial charge in [0.1, 0.15) is 18.1 Å². The van der Waals surface area contributed by atoms with Crippen LogP contribution in [0.15, 0.2) is 41.0 Å². The first-order chi connectivity index (χ1) is 9.22. The molecule has 0 fully saturated rings. The molecule has 2 heterocycles. The SMILES string of the molecule is O=C1COc2cc(OCc3ccc(Br)cn3)ccc21. The monoisotopic (exact) mass is 319 g/mol. The van der Waals surface area contributed by atoms with Crippen molar-refractivity contribution in [1.82, 2.24) is 4.98 Å². The average Bonchev–Trinajstić information content (AvgIpc) is 2.79. The second kappa shape index (κ2) is 5.01. The molecule has 0 saturated heterocycles. The first-order valence-electron chi connectivity index (χ1n) is 5.76. The Hall–Kier alpha value is -1.88. The first-order valence-corrected chi connectivity index (χ1v) is 6.55. The lowest BCUT2D eigenvalue weighted by atomic mass is 10.1. The second-order valence-electron chi connectivity index (χ2n) is 4.13. The van der Waals surface area contributed by atoms with E-state index in [1.54, 1.807) is 24.4 Å². The van der Waals surface area contributed by atoms with Crippen molar-refractivity contribution in [2.75, 3.05) is 6.61 Å². The number of rotatable bonds is 3. The van der Waals surface area contributed by atoms with Gasteiger partial charge in [-0.05, 0) is 40.2 Å². The molecule has 96 valence electrons. The number of carbonyl (C=O) groups is 1. The molecule has 1 aliphatic rings. The molecule has 0 N–H and O–H groups in total. The first kappa shape index (κ1) is 12.2. The van der Waals surface area contributed by atoms with E-state index in [-0.39, 0.29) is 12.4 Å². The number of carbonyl (C=O) groups excluding carboxylic acids is 1. The Balaban J connectivity index is 1.71. The van der Waals surface area contributed by atoms with E-state index in [9.17, 15) is 4.79 Å². The molecule has 0 amide bonds. The number of ketones is 1. The summed E-state index contributed by atoms with van der Waals surface area (Å²) in [5.41, 5.74) is 1.45. The Labute approximate surface area is 118 Å². The summed E-state index contributed by atoms with van der Waals surface area (Å²) in [4.78, 5) is 15.6. The molecule has 4 nitrogen and oxygen atoms in total. The van der Waals surface area contributed by atoms with Crippen LogP contribution in [0.1, 0.15) is 16.1 Å². The number of ether oxygens (including phenoxy) is 2. The molecule has 2 aromatic rings. The molecule has 0 spiro atoms. The lowest BCUT2D eigenvalue weighted by molar-refractivity contribution is 0.0961. The van der Waals surface area contributed by atoms with Gasteiger partial charge >= 0.3 is 0 Å². The van der Waals surface area contributed by atoms with Gasteiger partial charge in [0.15, 0.2) is 6.61 Å². The minimum atomic E-state index is 0.0103. The predicted octanol–water partition coefficient (Wildman–Crippen LogP) is 3.00. The minimum absolute atomic E-state index is 0.0103. The third kappa shape index (κ3) is 2.61. The van der Waals surface area contributed by atoms with Gasteiger partial charge in [-0.3, -0.25) is 9.78 Å². The topological polar surface area (TPSA) is 48.4 Å². The highest BCUT2D eigenvalue weighted by Gasteiger charge is 2.21. The van der Waals surface area contributed by atoms with E-state index in [0.717, 1.165) is 10.2 Å². The lowest BCUT2D eigenvalue weighted by Crippen LogP contribution is -1.98. The van der Waals surface area contributed by atoms with Gasteiger partial charge in [-0.1, -0.05) is 0 Å². The number of pyridine rings is 1. The molecule has 0 atom stereocenters. The molecular weight excluding hydrogens is 310 g/mol. The van der Waals surface area contributed by atoms with Crippen LogP contribution in [0.2, 0.25) is 0 Å². The number of Topliss-reactive ketones (excluding diaryl/α,β-unsaturated/α-hetero) is 1. The highest BCUT2D eigenvalue weighted by molar-refractivity contribution is 9.10. The van der Waals surface area contributed by atoms with Crippen LogP contribution in [0.3, 0.4) is 0 Å². The Morgan fingerprint density at radius 2 is 2.21 bits per heavy atom. The quantitative estimate of drug-likeness (QED) is 0.872. The van der Waals surface area contributed by atoms with Crippen LogP contribution < -0.4 is 9.47 Å². The van der Waals surface area contributed by atoms with E-state index in [4.69, 9.17) is 9.47 Å². The lowest BCUT2D eigenvalue weighted by Gasteiger charge is -2.07. The van der Waals surface area contributed by atoms with Crippen molar-refractivity contribution < 1.29 is 14.3 Å². The van der Waals surface area contributed by atoms with Crippen LogP contribution in [0.4, 0.5) is 0 Å². The summed E-state index contributed by atoms with van der Waals surface area (Å²) >= 11 is 3.33. The average molecular weight is 320 g/mol. The fourth-order valence-corrected chi connectivity index (χ4v) is 2.05. The second-order valence-corrected chi connectivity index (χ2v) is 5.04. The van der Waals surface area contributed by atoms with Gasteiger partial charge in [-0.2, -0.15) is 0 Å². The van der Waals surface area contributed by atoms with Crippen molar-refractivity contribution in [3.8, 4) is 11.5 Å². The van der Waals surface area contributed by atoms with Crippen LogP contribution in [0.5, 0.6) is 11.5 Å². The molecule has 5 heteroatoms.